The van der Waals surface area contributed by atoms with Gasteiger partial charge in [0, 0.05) is 7.05 Å². The number of aryl methyl sites for hydroxylation is 1. The van der Waals surface area contributed by atoms with E-state index in [0.29, 0.717) is 0 Å². The Morgan fingerprint density at radius 1 is 1.00 bits per heavy atom. The summed E-state index contributed by atoms with van der Waals surface area (Å²) in [5.74, 6) is 0. The first-order valence-corrected chi connectivity index (χ1v) is 9.14. The molecule has 2 aromatic carbocycles. The Morgan fingerprint density at radius 2 is 1.50 bits per heavy atom. The van der Waals surface area contributed by atoms with Crippen LogP contribution >= 0.6 is 11.6 Å². The average molecular weight is 362 g/mol. The third kappa shape index (κ3) is 3.36. The van der Waals surface area contributed by atoms with Crippen molar-refractivity contribution in [2.45, 2.75) is 11.1 Å². The van der Waals surface area contributed by atoms with Gasteiger partial charge in [0.25, 0.3) is 10.0 Å². The van der Waals surface area contributed by atoms with E-state index in [0.717, 1.165) is 11.1 Å². The fourth-order valence-electron chi connectivity index (χ4n) is 2.40. The Balaban J connectivity index is 2.03. The van der Waals surface area contributed by atoms with E-state index < -0.39 is 16.1 Å². The molecule has 7 heteroatoms. The maximum absolute atomic E-state index is 12.8. The molecule has 1 aromatic heterocycles. The second kappa shape index (κ2) is 6.76. The molecule has 3 rings (SSSR count). The van der Waals surface area contributed by atoms with Crippen LogP contribution in [0.25, 0.3) is 0 Å². The standard InChI is InChI=1S/C17H16ClN3O2S/c1-21-12-19-17(16(21)18)24(22,23)20-15(13-8-4-2-5-9-13)14-10-6-3-7-11-14/h2-12,15,20H,1H3. The van der Waals surface area contributed by atoms with Crippen molar-refractivity contribution in [2.75, 3.05) is 0 Å². The first-order valence-electron chi connectivity index (χ1n) is 7.28. The fraction of sp³-hybridized carbons (Fsp3) is 0.118. The van der Waals surface area contributed by atoms with Crippen molar-refractivity contribution < 1.29 is 8.42 Å². The highest BCUT2D eigenvalue weighted by Crippen LogP contribution is 2.26. The van der Waals surface area contributed by atoms with Gasteiger partial charge in [0.05, 0.1) is 12.4 Å². The molecule has 0 fully saturated rings. The maximum atomic E-state index is 12.8. The zero-order chi connectivity index (χ0) is 17.2. The van der Waals surface area contributed by atoms with E-state index in [1.807, 2.05) is 60.7 Å². The number of benzene rings is 2. The number of nitrogens with one attached hydrogen (secondary N) is 1. The van der Waals surface area contributed by atoms with Crippen LogP contribution in [-0.2, 0) is 17.1 Å². The van der Waals surface area contributed by atoms with Crippen molar-refractivity contribution in [2.24, 2.45) is 7.05 Å². The summed E-state index contributed by atoms with van der Waals surface area (Å²) >= 11 is 6.05. The minimum absolute atomic E-state index is 0.0716. The summed E-state index contributed by atoms with van der Waals surface area (Å²) < 4.78 is 29.7. The molecule has 0 bridgehead atoms. The predicted octanol–water partition coefficient (Wildman–Crippen LogP) is 3.14. The number of nitrogens with zero attached hydrogens (tertiary/aromatic N) is 2. The molecule has 24 heavy (non-hydrogen) atoms. The Hall–Kier alpha value is -2.15. The lowest BCUT2D eigenvalue weighted by atomic mass is 10.00. The molecular formula is C17H16ClN3O2S. The molecule has 3 aromatic rings. The Bertz CT molecular complexity index is 885. The highest BCUT2D eigenvalue weighted by Gasteiger charge is 2.27. The molecule has 1 N–H and O–H groups in total. The lowest BCUT2D eigenvalue weighted by Crippen LogP contribution is -2.30. The topological polar surface area (TPSA) is 64.0 Å². The zero-order valence-electron chi connectivity index (χ0n) is 12.9. The summed E-state index contributed by atoms with van der Waals surface area (Å²) in [4.78, 5) is 3.91. The predicted molar refractivity (Wildman–Crippen MR) is 93.3 cm³/mol. The number of hydrogen-bond acceptors (Lipinski definition) is 3. The maximum Gasteiger partial charge on any atom is 0.262 e. The second-order valence-electron chi connectivity index (χ2n) is 5.33. The van der Waals surface area contributed by atoms with E-state index in [9.17, 15) is 8.42 Å². The van der Waals surface area contributed by atoms with E-state index in [1.165, 1.54) is 10.9 Å². The normalized spacial score (nSPS) is 11.8. The van der Waals surface area contributed by atoms with E-state index >= 15 is 0 Å². The van der Waals surface area contributed by atoms with E-state index in [1.54, 1.807) is 7.05 Å². The molecule has 0 saturated heterocycles. The van der Waals surface area contributed by atoms with Gasteiger partial charge in [-0.15, -0.1) is 0 Å². The highest BCUT2D eigenvalue weighted by atomic mass is 35.5. The van der Waals surface area contributed by atoms with Gasteiger partial charge in [-0.1, -0.05) is 72.3 Å². The van der Waals surface area contributed by atoms with Gasteiger partial charge in [-0.3, -0.25) is 0 Å². The summed E-state index contributed by atoms with van der Waals surface area (Å²) in [5, 5.41) is -0.106. The fourth-order valence-corrected chi connectivity index (χ4v) is 4.05. The Morgan fingerprint density at radius 3 is 1.92 bits per heavy atom. The smallest absolute Gasteiger partial charge is 0.262 e. The van der Waals surface area contributed by atoms with Gasteiger partial charge < -0.3 is 4.57 Å². The summed E-state index contributed by atoms with van der Waals surface area (Å²) in [6.45, 7) is 0. The molecule has 0 saturated carbocycles. The van der Waals surface area contributed by atoms with Crippen LogP contribution in [0.1, 0.15) is 17.2 Å². The van der Waals surface area contributed by atoms with Crippen LogP contribution in [-0.4, -0.2) is 18.0 Å². The molecule has 124 valence electrons. The van der Waals surface area contributed by atoms with Crippen molar-refractivity contribution in [1.82, 2.24) is 14.3 Å². The number of aromatic nitrogens is 2. The van der Waals surface area contributed by atoms with Gasteiger partial charge in [0.2, 0.25) is 5.03 Å². The molecule has 0 aliphatic heterocycles. The average Bonchev–Trinajstić information content (AvgIpc) is 2.94. The minimum atomic E-state index is -3.88. The molecule has 0 amide bonds. The number of imidazole rings is 1. The summed E-state index contributed by atoms with van der Waals surface area (Å²) in [5.41, 5.74) is 1.67. The lowest BCUT2D eigenvalue weighted by molar-refractivity contribution is 0.569. The summed E-state index contributed by atoms with van der Waals surface area (Å²) in [6, 6.07) is 18.2. The number of hydrogen-bond donors (Lipinski definition) is 1. The number of halogens is 1. The van der Waals surface area contributed by atoms with Crippen molar-refractivity contribution in [3.63, 3.8) is 0 Å². The van der Waals surface area contributed by atoms with Gasteiger partial charge in [-0.2, -0.15) is 4.72 Å². The monoisotopic (exact) mass is 361 g/mol. The van der Waals surface area contributed by atoms with Crippen LogP contribution in [0, 0.1) is 0 Å². The van der Waals surface area contributed by atoms with Crippen molar-refractivity contribution in [1.29, 1.82) is 0 Å². The van der Waals surface area contributed by atoms with Gasteiger partial charge >= 0.3 is 0 Å². The van der Waals surface area contributed by atoms with Crippen molar-refractivity contribution in [3.05, 3.63) is 83.3 Å². The number of rotatable bonds is 5. The lowest BCUT2D eigenvalue weighted by Gasteiger charge is -2.19. The zero-order valence-corrected chi connectivity index (χ0v) is 14.5. The third-order valence-corrected chi connectivity index (χ3v) is 5.54. The SMILES string of the molecule is Cn1cnc(S(=O)(=O)NC(c2ccccc2)c2ccccc2)c1Cl. The van der Waals surface area contributed by atoms with Crippen LogP contribution in [0.3, 0.4) is 0 Å². The molecule has 0 atom stereocenters. The Labute approximate surface area is 146 Å². The van der Waals surface area contributed by atoms with Gasteiger partial charge in [0.15, 0.2) is 0 Å². The van der Waals surface area contributed by atoms with Crippen LogP contribution in [0.2, 0.25) is 5.15 Å². The molecule has 0 unspecified atom stereocenters. The van der Waals surface area contributed by atoms with Gasteiger partial charge in [-0.25, -0.2) is 13.4 Å². The van der Waals surface area contributed by atoms with E-state index in [2.05, 4.69) is 9.71 Å². The molecule has 5 nitrogen and oxygen atoms in total. The summed E-state index contributed by atoms with van der Waals surface area (Å²) in [7, 11) is -2.24. The molecule has 0 spiro atoms. The molecule has 0 aliphatic carbocycles. The van der Waals surface area contributed by atoms with Crippen LogP contribution in [0.15, 0.2) is 72.0 Å². The highest BCUT2D eigenvalue weighted by molar-refractivity contribution is 7.89. The third-order valence-electron chi connectivity index (χ3n) is 3.63. The molecule has 0 radical (unpaired) electrons. The first kappa shape index (κ1) is 16.7. The minimum Gasteiger partial charge on any atom is -0.324 e. The second-order valence-corrected chi connectivity index (χ2v) is 7.31. The van der Waals surface area contributed by atoms with Crippen LogP contribution in [0.4, 0.5) is 0 Å². The van der Waals surface area contributed by atoms with Crippen molar-refractivity contribution in [3.8, 4) is 0 Å². The van der Waals surface area contributed by atoms with Crippen LogP contribution in [0.5, 0.6) is 0 Å². The van der Waals surface area contributed by atoms with Crippen molar-refractivity contribution >= 4 is 21.6 Å². The van der Waals surface area contributed by atoms with Crippen LogP contribution < -0.4 is 4.72 Å². The quantitative estimate of drug-likeness (QED) is 0.759. The van der Waals surface area contributed by atoms with Gasteiger partial charge in [-0.05, 0) is 11.1 Å². The first-order chi connectivity index (χ1) is 11.5. The summed E-state index contributed by atoms with van der Waals surface area (Å²) in [6.07, 6.45) is 1.37. The molecule has 0 aliphatic rings. The number of sulfonamides is 1. The Kier molecular flexibility index (Phi) is 4.71. The largest absolute Gasteiger partial charge is 0.324 e. The van der Waals surface area contributed by atoms with Gasteiger partial charge in [0.1, 0.15) is 5.15 Å². The molecule has 1 heterocycles. The van der Waals surface area contributed by atoms with E-state index in [4.69, 9.17) is 11.6 Å². The molecular weight excluding hydrogens is 346 g/mol. The van der Waals surface area contributed by atoms with E-state index in [-0.39, 0.29) is 10.2 Å².